The predicted octanol–water partition coefficient (Wildman–Crippen LogP) is 1.78. The standard InChI is InChI=1S/C13H19BN2O4/c1-8-6-9(7-10(15)11(8)16(17)18)14-19-12(2,3)13(4,5)20-14/h6-7H,15H2,1-5H3. The molecule has 0 spiro atoms. The fourth-order valence-corrected chi connectivity index (χ4v) is 2.20. The highest BCUT2D eigenvalue weighted by Gasteiger charge is 2.51. The summed E-state index contributed by atoms with van der Waals surface area (Å²) in [5, 5.41) is 10.9. The minimum Gasteiger partial charge on any atom is -0.399 e. The van der Waals surface area contributed by atoms with E-state index < -0.39 is 23.2 Å². The summed E-state index contributed by atoms with van der Waals surface area (Å²) in [6, 6.07) is 3.24. The van der Waals surface area contributed by atoms with Crippen molar-refractivity contribution in [3.63, 3.8) is 0 Å². The first-order chi connectivity index (χ1) is 9.05. The van der Waals surface area contributed by atoms with Crippen molar-refractivity contribution in [3.8, 4) is 0 Å². The molecule has 1 aromatic carbocycles. The molecule has 6 nitrogen and oxygen atoms in total. The number of benzene rings is 1. The molecular formula is C13H19BN2O4. The Morgan fingerprint density at radius 1 is 1.20 bits per heavy atom. The molecule has 1 aliphatic rings. The van der Waals surface area contributed by atoms with Gasteiger partial charge in [-0.15, -0.1) is 0 Å². The van der Waals surface area contributed by atoms with E-state index in [0.717, 1.165) is 0 Å². The number of nitrogens with zero attached hydrogens (tertiary/aromatic N) is 1. The van der Waals surface area contributed by atoms with Gasteiger partial charge < -0.3 is 15.0 Å². The van der Waals surface area contributed by atoms with E-state index in [1.807, 2.05) is 27.7 Å². The number of rotatable bonds is 2. The second-order valence-corrected chi connectivity index (χ2v) is 6.12. The molecule has 7 heteroatoms. The van der Waals surface area contributed by atoms with Crippen molar-refractivity contribution in [3.05, 3.63) is 27.8 Å². The van der Waals surface area contributed by atoms with Crippen LogP contribution in [0.4, 0.5) is 11.4 Å². The van der Waals surface area contributed by atoms with Crippen molar-refractivity contribution in [2.75, 3.05) is 5.73 Å². The average molecular weight is 278 g/mol. The first kappa shape index (κ1) is 14.8. The van der Waals surface area contributed by atoms with Crippen LogP contribution in [-0.2, 0) is 9.31 Å². The summed E-state index contributed by atoms with van der Waals surface area (Å²) in [4.78, 5) is 10.5. The van der Waals surface area contributed by atoms with Crippen molar-refractivity contribution in [1.29, 1.82) is 0 Å². The molecular weight excluding hydrogens is 259 g/mol. The highest BCUT2D eigenvalue weighted by Crippen LogP contribution is 2.37. The molecule has 0 radical (unpaired) electrons. The summed E-state index contributed by atoms with van der Waals surface area (Å²) >= 11 is 0. The maximum Gasteiger partial charge on any atom is 0.494 e. The third-order valence-electron chi connectivity index (χ3n) is 4.06. The van der Waals surface area contributed by atoms with Crippen LogP contribution < -0.4 is 11.2 Å². The van der Waals surface area contributed by atoms with E-state index in [1.165, 1.54) is 0 Å². The van der Waals surface area contributed by atoms with Gasteiger partial charge in [-0.2, -0.15) is 0 Å². The number of hydrogen-bond donors (Lipinski definition) is 1. The Morgan fingerprint density at radius 2 is 1.70 bits per heavy atom. The molecule has 1 heterocycles. The lowest BCUT2D eigenvalue weighted by Gasteiger charge is -2.32. The summed E-state index contributed by atoms with van der Waals surface area (Å²) in [7, 11) is -0.568. The van der Waals surface area contributed by atoms with Crippen LogP contribution >= 0.6 is 0 Å². The van der Waals surface area contributed by atoms with Crippen LogP contribution in [0.1, 0.15) is 33.3 Å². The Kier molecular flexibility index (Phi) is 3.30. The summed E-state index contributed by atoms with van der Waals surface area (Å²) in [6.07, 6.45) is 0. The van der Waals surface area contributed by atoms with Crippen molar-refractivity contribution in [2.45, 2.75) is 45.8 Å². The monoisotopic (exact) mass is 278 g/mol. The van der Waals surface area contributed by atoms with Gasteiger partial charge in [0.2, 0.25) is 0 Å². The van der Waals surface area contributed by atoms with E-state index in [9.17, 15) is 10.1 Å². The molecule has 0 bridgehead atoms. The zero-order valence-electron chi connectivity index (χ0n) is 12.4. The smallest absolute Gasteiger partial charge is 0.399 e. The molecule has 20 heavy (non-hydrogen) atoms. The van der Waals surface area contributed by atoms with Gasteiger partial charge in [-0.05, 0) is 46.1 Å². The second-order valence-electron chi connectivity index (χ2n) is 6.12. The molecule has 0 atom stereocenters. The summed E-state index contributed by atoms with van der Waals surface area (Å²) in [6.45, 7) is 9.47. The van der Waals surface area contributed by atoms with Crippen LogP contribution in [-0.4, -0.2) is 23.2 Å². The summed E-state index contributed by atoms with van der Waals surface area (Å²) in [5.41, 5.74) is 6.12. The van der Waals surface area contributed by atoms with Gasteiger partial charge in [-0.25, -0.2) is 0 Å². The first-order valence-corrected chi connectivity index (χ1v) is 6.45. The number of nitrogens with two attached hydrogens (primary N) is 1. The largest absolute Gasteiger partial charge is 0.494 e. The van der Waals surface area contributed by atoms with Crippen LogP contribution in [0.15, 0.2) is 12.1 Å². The second kappa shape index (κ2) is 4.46. The Morgan fingerprint density at radius 3 is 2.10 bits per heavy atom. The highest BCUT2D eigenvalue weighted by atomic mass is 16.7. The molecule has 1 aromatic rings. The lowest BCUT2D eigenvalue weighted by atomic mass is 9.78. The number of hydrogen-bond acceptors (Lipinski definition) is 5. The number of anilines is 1. The maximum absolute atomic E-state index is 10.9. The van der Waals surface area contributed by atoms with Gasteiger partial charge in [-0.3, -0.25) is 10.1 Å². The topological polar surface area (TPSA) is 87.6 Å². The fraction of sp³-hybridized carbons (Fsp3) is 0.538. The fourth-order valence-electron chi connectivity index (χ4n) is 2.20. The van der Waals surface area contributed by atoms with Gasteiger partial charge in [0, 0.05) is 5.56 Å². The zero-order chi connectivity index (χ0) is 15.3. The van der Waals surface area contributed by atoms with Crippen molar-refractivity contribution >= 4 is 24.0 Å². The number of nitro benzene ring substituents is 1. The molecule has 0 aromatic heterocycles. The quantitative estimate of drug-likeness (QED) is 0.385. The van der Waals surface area contributed by atoms with Crippen LogP contribution in [0.3, 0.4) is 0 Å². The van der Waals surface area contributed by atoms with Gasteiger partial charge in [-0.1, -0.05) is 6.07 Å². The number of aryl methyl sites for hydroxylation is 1. The normalized spacial score (nSPS) is 20.1. The minimum absolute atomic E-state index is 0.0646. The van der Waals surface area contributed by atoms with Gasteiger partial charge in [0.1, 0.15) is 5.69 Å². The lowest BCUT2D eigenvalue weighted by Crippen LogP contribution is -2.41. The Labute approximate surface area is 118 Å². The third kappa shape index (κ3) is 2.27. The molecule has 2 N–H and O–H groups in total. The Hall–Kier alpha value is -1.60. The van der Waals surface area contributed by atoms with Crippen LogP contribution in [0.2, 0.25) is 0 Å². The average Bonchev–Trinajstić information content (AvgIpc) is 2.46. The van der Waals surface area contributed by atoms with E-state index in [-0.39, 0.29) is 11.4 Å². The number of nitrogen functional groups attached to an aromatic ring is 1. The zero-order valence-corrected chi connectivity index (χ0v) is 12.4. The SMILES string of the molecule is Cc1cc(B2OC(C)(C)C(C)(C)O2)cc(N)c1[N+](=O)[O-]. The first-order valence-electron chi connectivity index (χ1n) is 6.45. The van der Waals surface area contributed by atoms with Crippen LogP contribution in [0.25, 0.3) is 0 Å². The molecule has 0 saturated carbocycles. The van der Waals surface area contributed by atoms with Crippen molar-refractivity contribution < 1.29 is 14.2 Å². The van der Waals surface area contributed by atoms with Gasteiger partial charge in [0.15, 0.2) is 0 Å². The minimum atomic E-state index is -0.568. The van der Waals surface area contributed by atoms with E-state index in [1.54, 1.807) is 19.1 Å². The number of nitro groups is 1. The highest BCUT2D eigenvalue weighted by molar-refractivity contribution is 6.62. The molecule has 1 fully saturated rings. The van der Waals surface area contributed by atoms with Crippen LogP contribution in [0.5, 0.6) is 0 Å². The van der Waals surface area contributed by atoms with Crippen LogP contribution in [0, 0.1) is 17.0 Å². The molecule has 0 unspecified atom stereocenters. The summed E-state index contributed by atoms with van der Waals surface area (Å²) < 4.78 is 11.8. The van der Waals surface area contributed by atoms with E-state index in [2.05, 4.69) is 0 Å². The van der Waals surface area contributed by atoms with E-state index >= 15 is 0 Å². The molecule has 2 rings (SSSR count). The molecule has 0 amide bonds. The molecule has 1 saturated heterocycles. The lowest BCUT2D eigenvalue weighted by molar-refractivity contribution is -0.384. The van der Waals surface area contributed by atoms with E-state index in [0.29, 0.717) is 11.0 Å². The van der Waals surface area contributed by atoms with Gasteiger partial charge in [0.05, 0.1) is 16.1 Å². The maximum atomic E-state index is 10.9. The van der Waals surface area contributed by atoms with Crippen molar-refractivity contribution in [2.24, 2.45) is 0 Å². The van der Waals surface area contributed by atoms with Crippen molar-refractivity contribution in [1.82, 2.24) is 0 Å². The Balaban J connectivity index is 2.40. The predicted molar refractivity (Wildman–Crippen MR) is 78.0 cm³/mol. The van der Waals surface area contributed by atoms with Gasteiger partial charge in [0.25, 0.3) is 5.69 Å². The molecule has 108 valence electrons. The van der Waals surface area contributed by atoms with Gasteiger partial charge >= 0.3 is 7.12 Å². The Bertz CT molecular complexity index is 532. The molecule has 0 aliphatic carbocycles. The van der Waals surface area contributed by atoms with E-state index in [4.69, 9.17) is 15.0 Å². The third-order valence-corrected chi connectivity index (χ3v) is 4.06. The summed E-state index contributed by atoms with van der Waals surface area (Å²) in [5.74, 6) is 0. The molecule has 1 aliphatic heterocycles.